The first-order valence-corrected chi connectivity index (χ1v) is 8.03. The van der Waals surface area contributed by atoms with E-state index < -0.39 is 0 Å². The molecule has 0 saturated heterocycles. The van der Waals surface area contributed by atoms with Gasteiger partial charge in [0, 0.05) is 16.8 Å². The molecule has 0 atom stereocenters. The number of carbonyl (C=O) groups excluding carboxylic acids is 1. The second kappa shape index (κ2) is 7.42. The molecule has 126 valence electrons. The highest BCUT2D eigenvalue weighted by Gasteiger charge is 2.07. The fourth-order valence-corrected chi connectivity index (χ4v) is 2.38. The van der Waals surface area contributed by atoms with Crippen LogP contribution in [0.15, 0.2) is 64.1 Å². The zero-order valence-electron chi connectivity index (χ0n) is 12.9. The highest BCUT2D eigenvalue weighted by atomic mass is 35.5. The van der Waals surface area contributed by atoms with Crippen molar-refractivity contribution in [2.45, 2.75) is 0 Å². The van der Waals surface area contributed by atoms with E-state index in [1.807, 2.05) is 0 Å². The predicted molar refractivity (Wildman–Crippen MR) is 100 cm³/mol. The van der Waals surface area contributed by atoms with Crippen LogP contribution in [0.3, 0.4) is 0 Å². The largest absolute Gasteiger partial charge is 0.455 e. The van der Waals surface area contributed by atoms with Crippen LogP contribution in [-0.2, 0) is 0 Å². The van der Waals surface area contributed by atoms with E-state index >= 15 is 0 Å². The Labute approximate surface area is 154 Å². The maximum absolute atomic E-state index is 11.9. The minimum absolute atomic E-state index is 0.340. The minimum Gasteiger partial charge on any atom is -0.455 e. The first-order valence-electron chi connectivity index (χ1n) is 7.27. The highest BCUT2D eigenvalue weighted by Crippen LogP contribution is 2.29. The van der Waals surface area contributed by atoms with Crippen molar-refractivity contribution in [3.05, 3.63) is 76.0 Å². The van der Waals surface area contributed by atoms with Crippen molar-refractivity contribution in [3.63, 3.8) is 0 Å². The quantitative estimate of drug-likeness (QED) is 0.398. The lowest BCUT2D eigenvalue weighted by molar-refractivity contribution is 0.0955. The van der Waals surface area contributed by atoms with Crippen LogP contribution in [0.1, 0.15) is 16.1 Å². The van der Waals surface area contributed by atoms with Gasteiger partial charge in [0.05, 0.1) is 16.3 Å². The van der Waals surface area contributed by atoms with Crippen LogP contribution in [0, 0.1) is 0 Å². The maximum Gasteiger partial charge on any atom is 0.271 e. The Bertz CT molecular complexity index is 934. The molecule has 7 heteroatoms. The van der Waals surface area contributed by atoms with Gasteiger partial charge in [-0.3, -0.25) is 4.79 Å². The summed E-state index contributed by atoms with van der Waals surface area (Å²) in [6.45, 7) is 0. The molecule has 2 aromatic carbocycles. The number of hydrogen-bond donors (Lipinski definition) is 2. The molecule has 0 unspecified atom stereocenters. The summed E-state index contributed by atoms with van der Waals surface area (Å²) in [6.07, 6.45) is 1.41. The molecule has 0 fully saturated rings. The zero-order chi connectivity index (χ0) is 17.8. The van der Waals surface area contributed by atoms with E-state index in [1.165, 1.54) is 6.21 Å². The summed E-state index contributed by atoms with van der Waals surface area (Å²) in [6, 6.07) is 15.3. The van der Waals surface area contributed by atoms with Crippen molar-refractivity contribution in [3.8, 4) is 11.3 Å². The Morgan fingerprint density at radius 3 is 2.52 bits per heavy atom. The number of nitrogens with one attached hydrogen (secondary N) is 1. The third kappa shape index (κ3) is 4.21. The SMILES string of the molecule is Nc1ccc(C(=O)N/N=C\c2ccc(-c3ccc(Cl)c(Cl)c3)o2)cc1. The lowest BCUT2D eigenvalue weighted by atomic mass is 10.2. The summed E-state index contributed by atoms with van der Waals surface area (Å²) in [5.41, 5.74) is 9.85. The van der Waals surface area contributed by atoms with Gasteiger partial charge >= 0.3 is 0 Å². The molecule has 0 spiro atoms. The van der Waals surface area contributed by atoms with E-state index in [4.69, 9.17) is 33.4 Å². The molecule has 0 aliphatic heterocycles. The van der Waals surface area contributed by atoms with Gasteiger partial charge < -0.3 is 10.2 Å². The lowest BCUT2D eigenvalue weighted by Crippen LogP contribution is -2.17. The average molecular weight is 374 g/mol. The summed E-state index contributed by atoms with van der Waals surface area (Å²) in [5, 5.41) is 4.80. The number of benzene rings is 2. The maximum atomic E-state index is 11.9. The summed E-state index contributed by atoms with van der Waals surface area (Å²) < 4.78 is 5.65. The van der Waals surface area contributed by atoms with Crippen molar-refractivity contribution in [2.24, 2.45) is 5.10 Å². The van der Waals surface area contributed by atoms with E-state index in [2.05, 4.69) is 10.5 Å². The van der Waals surface area contributed by atoms with E-state index in [-0.39, 0.29) is 5.91 Å². The number of halogens is 2. The fraction of sp³-hybridized carbons (Fsp3) is 0. The van der Waals surface area contributed by atoms with Gasteiger partial charge in [-0.15, -0.1) is 0 Å². The molecule has 3 aromatic rings. The Morgan fingerprint density at radius 2 is 1.80 bits per heavy atom. The Balaban J connectivity index is 1.66. The first-order chi connectivity index (χ1) is 12.0. The number of hydrazone groups is 1. The van der Waals surface area contributed by atoms with Crippen molar-refractivity contribution in [1.82, 2.24) is 5.43 Å². The summed E-state index contributed by atoms with van der Waals surface area (Å²) in [5.74, 6) is 0.760. The predicted octanol–water partition coefficient (Wildman–Crippen LogP) is 4.60. The van der Waals surface area contributed by atoms with Gasteiger partial charge in [0.15, 0.2) is 0 Å². The van der Waals surface area contributed by atoms with Crippen molar-refractivity contribution in [1.29, 1.82) is 0 Å². The lowest BCUT2D eigenvalue weighted by Gasteiger charge is -2.00. The Kier molecular flexibility index (Phi) is 5.07. The molecule has 5 nitrogen and oxygen atoms in total. The van der Waals surface area contributed by atoms with Gasteiger partial charge in [-0.05, 0) is 54.6 Å². The molecule has 25 heavy (non-hydrogen) atoms. The van der Waals surface area contributed by atoms with Crippen LogP contribution >= 0.6 is 23.2 Å². The standard InChI is InChI=1S/C18H13Cl2N3O2/c19-15-7-3-12(9-16(15)20)17-8-6-14(25-17)10-22-23-18(24)11-1-4-13(21)5-2-11/h1-10H,21H2,(H,23,24)/b22-10-. The summed E-state index contributed by atoms with van der Waals surface area (Å²) in [4.78, 5) is 11.9. The van der Waals surface area contributed by atoms with E-state index in [1.54, 1.807) is 54.6 Å². The van der Waals surface area contributed by atoms with Gasteiger partial charge in [0.1, 0.15) is 11.5 Å². The number of anilines is 1. The van der Waals surface area contributed by atoms with Crippen molar-refractivity contribution < 1.29 is 9.21 Å². The first kappa shape index (κ1) is 17.1. The van der Waals surface area contributed by atoms with Gasteiger partial charge in [-0.2, -0.15) is 5.10 Å². The molecule has 0 saturated carbocycles. The smallest absolute Gasteiger partial charge is 0.271 e. The minimum atomic E-state index is -0.340. The van der Waals surface area contributed by atoms with Crippen LogP contribution in [0.5, 0.6) is 0 Å². The fourth-order valence-electron chi connectivity index (χ4n) is 2.08. The number of nitrogen functional groups attached to an aromatic ring is 1. The number of rotatable bonds is 4. The van der Waals surface area contributed by atoms with Gasteiger partial charge in [0.25, 0.3) is 5.91 Å². The molecule has 0 aliphatic rings. The van der Waals surface area contributed by atoms with Crippen LogP contribution in [-0.4, -0.2) is 12.1 Å². The second-order valence-electron chi connectivity index (χ2n) is 5.15. The van der Waals surface area contributed by atoms with Crippen LogP contribution in [0.2, 0.25) is 10.0 Å². The van der Waals surface area contributed by atoms with E-state index in [0.29, 0.717) is 32.8 Å². The number of carbonyl (C=O) groups is 1. The third-order valence-corrected chi connectivity index (χ3v) is 4.10. The molecule has 3 N–H and O–H groups in total. The molecule has 0 bridgehead atoms. The normalized spacial score (nSPS) is 11.0. The summed E-state index contributed by atoms with van der Waals surface area (Å²) in [7, 11) is 0. The number of hydrogen-bond acceptors (Lipinski definition) is 4. The van der Waals surface area contributed by atoms with Crippen LogP contribution < -0.4 is 11.2 Å². The molecule has 0 aliphatic carbocycles. The van der Waals surface area contributed by atoms with Gasteiger partial charge in [-0.1, -0.05) is 23.2 Å². The van der Waals surface area contributed by atoms with Crippen molar-refractivity contribution >= 4 is 41.0 Å². The third-order valence-electron chi connectivity index (χ3n) is 3.36. The van der Waals surface area contributed by atoms with Gasteiger partial charge in [0.2, 0.25) is 0 Å². The molecule has 1 aromatic heterocycles. The molecular formula is C18H13Cl2N3O2. The number of furan rings is 1. The molecule has 1 heterocycles. The molecular weight excluding hydrogens is 361 g/mol. The average Bonchev–Trinajstić information content (AvgIpc) is 3.07. The van der Waals surface area contributed by atoms with E-state index in [9.17, 15) is 4.79 Å². The number of nitrogens with zero attached hydrogens (tertiary/aromatic N) is 1. The molecule has 3 rings (SSSR count). The van der Waals surface area contributed by atoms with Crippen LogP contribution in [0.25, 0.3) is 11.3 Å². The number of amides is 1. The van der Waals surface area contributed by atoms with Crippen molar-refractivity contribution in [2.75, 3.05) is 5.73 Å². The topological polar surface area (TPSA) is 80.6 Å². The van der Waals surface area contributed by atoms with Crippen LogP contribution in [0.4, 0.5) is 5.69 Å². The van der Waals surface area contributed by atoms with E-state index in [0.717, 1.165) is 5.56 Å². The Morgan fingerprint density at radius 1 is 1.04 bits per heavy atom. The second-order valence-corrected chi connectivity index (χ2v) is 5.97. The zero-order valence-corrected chi connectivity index (χ0v) is 14.4. The summed E-state index contributed by atoms with van der Waals surface area (Å²) >= 11 is 11.9. The molecule has 1 amide bonds. The molecule has 0 radical (unpaired) electrons. The van der Waals surface area contributed by atoms with Gasteiger partial charge in [-0.25, -0.2) is 5.43 Å². The number of nitrogens with two attached hydrogens (primary N) is 1. The monoisotopic (exact) mass is 373 g/mol. The highest BCUT2D eigenvalue weighted by molar-refractivity contribution is 6.42. The Hall–Kier alpha value is -2.76.